The van der Waals surface area contributed by atoms with Crippen LogP contribution in [0.1, 0.15) is 27.7 Å². The summed E-state index contributed by atoms with van der Waals surface area (Å²) in [5.74, 6) is -9.17. The highest BCUT2D eigenvalue weighted by Crippen LogP contribution is 2.40. The number of carbonyl (C=O) groups is 5. The fourth-order valence-electron chi connectivity index (χ4n) is 2.75. The number of aliphatic hydroxyl groups is 5. The molecule has 0 aromatic rings. The monoisotopic (exact) mass is 426 g/mol. The maximum absolute atomic E-state index is 12.2. The maximum atomic E-state index is 12.2. The number of hydrogen-bond donors (Lipinski definition) is 5. The van der Waals surface area contributed by atoms with Gasteiger partial charge in [-0.25, -0.2) is 8.42 Å². The van der Waals surface area contributed by atoms with Crippen molar-refractivity contribution < 1.29 is 57.9 Å². The fraction of sp³-hybridized carbons (Fsp3) is 0.667. The quantitative estimate of drug-likeness (QED) is 0.166. The summed E-state index contributed by atoms with van der Waals surface area (Å²) in [6.45, 7) is 1.75. The van der Waals surface area contributed by atoms with E-state index in [0.29, 0.717) is 34.0 Å². The molecule has 1 unspecified atom stereocenters. The number of hydrogen-bond acceptors (Lipinski definition) is 12. The van der Waals surface area contributed by atoms with E-state index in [0.717, 1.165) is 0 Å². The Morgan fingerprint density at radius 1 is 0.786 bits per heavy atom. The summed E-state index contributed by atoms with van der Waals surface area (Å²) in [6, 6.07) is 0. The van der Waals surface area contributed by atoms with Crippen molar-refractivity contribution in [2.45, 2.75) is 56.0 Å². The Morgan fingerprint density at radius 2 is 1.18 bits per heavy atom. The molecule has 0 aromatic carbocycles. The first-order valence-electron chi connectivity index (χ1n) is 7.56. The van der Waals surface area contributed by atoms with Crippen LogP contribution in [-0.2, 0) is 33.8 Å². The molecule has 5 atom stereocenters. The standard InChI is InChI=1S/C15H22O12S/c1-6(16)10(20)13(23,7(2)17)15(25,9(4)19)14(24,8(3)18)11(21)12(22)28(5,26)27/h11-12,21-25H,1-5H3/t11-,12?,13+,14-,15-/m1/s1. The molecule has 12 nitrogen and oxygen atoms in total. The van der Waals surface area contributed by atoms with Gasteiger partial charge in [-0.15, -0.1) is 0 Å². The van der Waals surface area contributed by atoms with Gasteiger partial charge in [0.1, 0.15) is 6.10 Å². The highest BCUT2D eigenvalue weighted by Gasteiger charge is 2.75. The van der Waals surface area contributed by atoms with Gasteiger partial charge in [-0.1, -0.05) is 0 Å². The molecule has 13 heteroatoms. The number of ketones is 5. The second-order valence-corrected chi connectivity index (χ2v) is 8.55. The molecule has 160 valence electrons. The van der Waals surface area contributed by atoms with Gasteiger partial charge in [-0.2, -0.15) is 0 Å². The zero-order valence-electron chi connectivity index (χ0n) is 15.7. The molecule has 0 saturated heterocycles. The van der Waals surface area contributed by atoms with Crippen molar-refractivity contribution >= 4 is 38.8 Å². The summed E-state index contributed by atoms with van der Waals surface area (Å²) in [5.41, 5.74) is -15.4. The van der Waals surface area contributed by atoms with Crippen LogP contribution in [0.15, 0.2) is 0 Å². The number of aliphatic hydroxyl groups excluding tert-OH is 2. The molecule has 0 aromatic heterocycles. The van der Waals surface area contributed by atoms with E-state index in [2.05, 4.69) is 0 Å². The lowest BCUT2D eigenvalue weighted by Gasteiger charge is -2.49. The Hall–Kier alpha value is -1.90. The molecule has 0 heterocycles. The molecule has 0 bridgehead atoms. The first kappa shape index (κ1) is 26.1. The zero-order chi connectivity index (χ0) is 23.0. The van der Waals surface area contributed by atoms with Gasteiger partial charge in [0.2, 0.25) is 17.0 Å². The van der Waals surface area contributed by atoms with Crippen molar-refractivity contribution in [2.75, 3.05) is 6.26 Å². The maximum Gasteiger partial charge on any atom is 0.240 e. The Kier molecular flexibility index (Phi) is 7.32. The minimum atomic E-state index is -4.65. The Bertz CT molecular complexity index is 830. The summed E-state index contributed by atoms with van der Waals surface area (Å²) in [5, 5.41) is 52.1. The summed E-state index contributed by atoms with van der Waals surface area (Å²) in [4.78, 5) is 60.0. The third-order valence-corrected chi connectivity index (χ3v) is 5.55. The van der Waals surface area contributed by atoms with Gasteiger partial charge in [0.25, 0.3) is 0 Å². The van der Waals surface area contributed by atoms with Crippen LogP contribution in [0.2, 0.25) is 0 Å². The largest absolute Gasteiger partial charge is 0.386 e. The molecular formula is C15H22O12S. The lowest BCUT2D eigenvalue weighted by Crippen LogP contribution is -2.82. The van der Waals surface area contributed by atoms with Crippen LogP contribution in [0.25, 0.3) is 0 Å². The molecular weight excluding hydrogens is 404 g/mol. The molecule has 0 amide bonds. The number of sulfone groups is 1. The predicted octanol–water partition coefficient (Wildman–Crippen LogP) is -4.17. The second-order valence-electron chi connectivity index (χ2n) is 6.41. The van der Waals surface area contributed by atoms with Gasteiger partial charge in [-0.3, -0.25) is 24.0 Å². The minimum absolute atomic E-state index is 0.353. The molecule has 5 N–H and O–H groups in total. The van der Waals surface area contributed by atoms with Crippen LogP contribution >= 0.6 is 0 Å². The van der Waals surface area contributed by atoms with Crippen molar-refractivity contribution in [1.82, 2.24) is 0 Å². The zero-order valence-corrected chi connectivity index (χ0v) is 16.5. The van der Waals surface area contributed by atoms with Crippen molar-refractivity contribution in [1.29, 1.82) is 0 Å². The number of rotatable bonds is 10. The number of Topliss-reactive ketones (excluding diaryl/α,β-unsaturated/α-hetero) is 5. The van der Waals surface area contributed by atoms with Gasteiger partial charge in [0.15, 0.2) is 44.0 Å². The van der Waals surface area contributed by atoms with E-state index in [-0.39, 0.29) is 0 Å². The highest BCUT2D eigenvalue weighted by molar-refractivity contribution is 7.91. The molecule has 0 aliphatic heterocycles. The normalized spacial score (nSPS) is 20.6. The highest BCUT2D eigenvalue weighted by atomic mass is 32.2. The Labute approximate surface area is 159 Å². The third kappa shape index (κ3) is 3.56. The minimum Gasteiger partial charge on any atom is -0.386 e. The van der Waals surface area contributed by atoms with Crippen LogP contribution in [0.3, 0.4) is 0 Å². The first-order valence-corrected chi connectivity index (χ1v) is 9.51. The second kappa shape index (κ2) is 7.85. The van der Waals surface area contributed by atoms with Gasteiger partial charge in [0.05, 0.1) is 0 Å². The van der Waals surface area contributed by atoms with E-state index in [1.807, 2.05) is 0 Å². The lowest BCUT2D eigenvalue weighted by atomic mass is 9.61. The summed E-state index contributed by atoms with van der Waals surface area (Å²) in [6.07, 6.45) is -2.87. The Morgan fingerprint density at radius 3 is 1.39 bits per heavy atom. The van der Waals surface area contributed by atoms with E-state index in [9.17, 15) is 57.9 Å². The van der Waals surface area contributed by atoms with E-state index >= 15 is 0 Å². The van der Waals surface area contributed by atoms with Gasteiger partial charge in [0, 0.05) is 13.2 Å². The van der Waals surface area contributed by atoms with E-state index < -0.39 is 67.1 Å². The first-order chi connectivity index (χ1) is 12.2. The van der Waals surface area contributed by atoms with E-state index in [1.54, 1.807) is 0 Å². The van der Waals surface area contributed by atoms with Crippen molar-refractivity contribution in [2.24, 2.45) is 0 Å². The van der Waals surface area contributed by atoms with Crippen LogP contribution in [0, 0.1) is 0 Å². The van der Waals surface area contributed by atoms with Crippen molar-refractivity contribution in [3.8, 4) is 0 Å². The van der Waals surface area contributed by atoms with Gasteiger partial charge in [-0.05, 0) is 20.8 Å². The predicted molar refractivity (Wildman–Crippen MR) is 89.4 cm³/mol. The smallest absolute Gasteiger partial charge is 0.240 e. The van der Waals surface area contributed by atoms with Crippen LogP contribution < -0.4 is 0 Å². The van der Waals surface area contributed by atoms with Crippen molar-refractivity contribution in [3.63, 3.8) is 0 Å². The van der Waals surface area contributed by atoms with Crippen LogP contribution in [-0.4, -0.2) is 97.5 Å². The average Bonchev–Trinajstić information content (AvgIpc) is 2.55. The van der Waals surface area contributed by atoms with Crippen molar-refractivity contribution in [3.05, 3.63) is 0 Å². The summed E-state index contributed by atoms with van der Waals surface area (Å²) >= 11 is 0. The Balaban J connectivity index is 7.40. The lowest BCUT2D eigenvalue weighted by molar-refractivity contribution is -0.248. The molecule has 28 heavy (non-hydrogen) atoms. The van der Waals surface area contributed by atoms with Crippen LogP contribution in [0.5, 0.6) is 0 Å². The van der Waals surface area contributed by atoms with Gasteiger partial charge < -0.3 is 25.5 Å². The molecule has 0 fully saturated rings. The molecule has 0 radical (unpaired) electrons. The third-order valence-electron chi connectivity index (χ3n) is 4.42. The number of carbonyl (C=O) groups excluding carboxylic acids is 5. The average molecular weight is 426 g/mol. The molecule has 0 aliphatic rings. The molecule has 0 aliphatic carbocycles. The molecule has 0 spiro atoms. The molecule has 0 saturated carbocycles. The van der Waals surface area contributed by atoms with Gasteiger partial charge >= 0.3 is 0 Å². The summed E-state index contributed by atoms with van der Waals surface area (Å²) in [7, 11) is -4.65. The SMILES string of the molecule is CC(=O)C(=O)[C@@](O)(C(C)=O)[C@](O)(C(C)=O)[C@@](O)(C(C)=O)[C@H](O)C(O)S(C)(=O)=O. The fourth-order valence-corrected chi connectivity index (χ4v) is 3.42. The topological polar surface area (TPSA) is 221 Å². The van der Waals surface area contributed by atoms with E-state index in [4.69, 9.17) is 0 Å². The van der Waals surface area contributed by atoms with Crippen LogP contribution in [0.4, 0.5) is 0 Å². The summed E-state index contributed by atoms with van der Waals surface area (Å²) < 4.78 is 23.0. The molecule has 0 rings (SSSR count). The van der Waals surface area contributed by atoms with E-state index in [1.165, 1.54) is 0 Å².